The number of aliphatic imine (C=N–C) groups is 1. The first-order valence-corrected chi connectivity index (χ1v) is 10.2. The van der Waals surface area contributed by atoms with Gasteiger partial charge in [0.05, 0.1) is 19.8 Å². The highest BCUT2D eigenvalue weighted by atomic mass is 16.5. The predicted molar refractivity (Wildman–Crippen MR) is 105 cm³/mol. The number of hydrogen-bond acceptors (Lipinski definition) is 4. The zero-order valence-corrected chi connectivity index (χ0v) is 16.8. The van der Waals surface area contributed by atoms with Gasteiger partial charge in [-0.05, 0) is 46.6 Å². The molecule has 0 aromatic rings. The molecule has 2 saturated heterocycles. The Morgan fingerprint density at radius 3 is 2.64 bits per heavy atom. The van der Waals surface area contributed by atoms with Gasteiger partial charge in [-0.2, -0.15) is 0 Å². The molecule has 0 aliphatic carbocycles. The van der Waals surface area contributed by atoms with Crippen molar-refractivity contribution in [3.63, 3.8) is 0 Å². The first-order valence-electron chi connectivity index (χ1n) is 10.2. The molecule has 146 valence electrons. The zero-order valence-electron chi connectivity index (χ0n) is 16.8. The average molecular weight is 354 g/mol. The lowest BCUT2D eigenvalue weighted by atomic mass is 10.1. The highest BCUT2D eigenvalue weighted by molar-refractivity contribution is 5.80. The molecule has 2 aliphatic heterocycles. The van der Waals surface area contributed by atoms with Crippen molar-refractivity contribution in [2.24, 2.45) is 4.99 Å². The lowest BCUT2D eigenvalue weighted by molar-refractivity contribution is -0.0165. The molecule has 2 fully saturated rings. The van der Waals surface area contributed by atoms with Crippen molar-refractivity contribution in [2.45, 2.75) is 65.1 Å². The number of morpholine rings is 1. The molecule has 2 atom stereocenters. The van der Waals surface area contributed by atoms with Gasteiger partial charge in [0.25, 0.3) is 0 Å². The number of nitrogens with zero attached hydrogens (tertiary/aromatic N) is 3. The van der Waals surface area contributed by atoms with E-state index in [4.69, 9.17) is 9.73 Å². The summed E-state index contributed by atoms with van der Waals surface area (Å²) in [6.07, 6.45) is 3.67. The lowest BCUT2D eigenvalue weighted by Gasteiger charge is -2.37. The van der Waals surface area contributed by atoms with Crippen molar-refractivity contribution in [3.8, 4) is 0 Å². The van der Waals surface area contributed by atoms with Crippen LogP contribution < -0.4 is 10.6 Å². The highest BCUT2D eigenvalue weighted by Gasteiger charge is 2.24. The molecular formula is C19H39N5O. The van der Waals surface area contributed by atoms with Crippen LogP contribution in [0.1, 0.15) is 47.0 Å². The number of guanidine groups is 1. The van der Waals surface area contributed by atoms with Crippen LogP contribution in [-0.2, 0) is 4.74 Å². The van der Waals surface area contributed by atoms with Crippen LogP contribution in [0.4, 0.5) is 0 Å². The second kappa shape index (κ2) is 11.0. The van der Waals surface area contributed by atoms with E-state index in [9.17, 15) is 0 Å². The molecule has 6 nitrogen and oxygen atoms in total. The maximum Gasteiger partial charge on any atom is 0.191 e. The lowest BCUT2D eigenvalue weighted by Crippen LogP contribution is -2.51. The minimum absolute atomic E-state index is 0.445. The highest BCUT2D eigenvalue weighted by Crippen LogP contribution is 2.12. The summed E-state index contributed by atoms with van der Waals surface area (Å²) < 4.78 is 5.55. The number of likely N-dealkylation sites (tertiary alicyclic amines) is 1. The van der Waals surface area contributed by atoms with Gasteiger partial charge in [-0.25, -0.2) is 0 Å². The topological polar surface area (TPSA) is 52.1 Å². The van der Waals surface area contributed by atoms with Gasteiger partial charge in [-0.3, -0.25) is 9.89 Å². The normalized spacial score (nSPS) is 25.8. The molecule has 25 heavy (non-hydrogen) atoms. The Kier molecular flexibility index (Phi) is 8.99. The second-order valence-electron chi connectivity index (χ2n) is 7.49. The molecule has 0 amide bonds. The molecule has 2 unspecified atom stereocenters. The van der Waals surface area contributed by atoms with Crippen molar-refractivity contribution in [1.82, 2.24) is 20.4 Å². The van der Waals surface area contributed by atoms with Crippen LogP contribution in [0, 0.1) is 0 Å². The molecule has 0 bridgehead atoms. The third kappa shape index (κ3) is 6.76. The van der Waals surface area contributed by atoms with Crippen LogP contribution >= 0.6 is 0 Å². The Bertz CT molecular complexity index is 395. The van der Waals surface area contributed by atoms with E-state index in [1.54, 1.807) is 0 Å². The monoisotopic (exact) mass is 353 g/mol. The minimum atomic E-state index is 0.445. The summed E-state index contributed by atoms with van der Waals surface area (Å²) in [4.78, 5) is 9.96. The molecule has 0 saturated carbocycles. The molecule has 2 aliphatic rings. The van der Waals surface area contributed by atoms with Crippen molar-refractivity contribution in [3.05, 3.63) is 0 Å². The summed E-state index contributed by atoms with van der Waals surface area (Å²) in [6, 6.07) is 1.47. The summed E-state index contributed by atoms with van der Waals surface area (Å²) in [6.45, 7) is 17.0. The van der Waals surface area contributed by atoms with E-state index < -0.39 is 0 Å². The van der Waals surface area contributed by atoms with E-state index in [0.29, 0.717) is 18.1 Å². The summed E-state index contributed by atoms with van der Waals surface area (Å²) in [5.41, 5.74) is 0. The van der Waals surface area contributed by atoms with Gasteiger partial charge in [0, 0.05) is 44.3 Å². The minimum Gasteiger partial charge on any atom is -0.379 e. The first kappa shape index (κ1) is 20.5. The molecule has 0 aromatic carbocycles. The van der Waals surface area contributed by atoms with Gasteiger partial charge >= 0.3 is 0 Å². The van der Waals surface area contributed by atoms with Crippen LogP contribution in [0.2, 0.25) is 0 Å². The fourth-order valence-corrected chi connectivity index (χ4v) is 3.85. The second-order valence-corrected chi connectivity index (χ2v) is 7.49. The summed E-state index contributed by atoms with van der Waals surface area (Å²) >= 11 is 0. The number of hydrogen-bond donors (Lipinski definition) is 2. The standard InChI is InChI=1S/C19H39N5O/c1-5-9-23-10-7-18(8-11-23)22-19(20-6-2)21-14-16(3)24-12-13-25-15-17(24)4/h16-18H,5-15H2,1-4H3,(H2,20,21,22). The van der Waals surface area contributed by atoms with E-state index in [2.05, 4.69) is 48.1 Å². The smallest absolute Gasteiger partial charge is 0.191 e. The number of rotatable bonds is 7. The fourth-order valence-electron chi connectivity index (χ4n) is 3.85. The van der Waals surface area contributed by atoms with Crippen LogP contribution in [-0.4, -0.2) is 86.4 Å². The molecule has 2 N–H and O–H groups in total. The van der Waals surface area contributed by atoms with Crippen molar-refractivity contribution >= 4 is 5.96 Å². The van der Waals surface area contributed by atoms with Gasteiger partial charge < -0.3 is 20.3 Å². The molecule has 0 spiro atoms. The maximum atomic E-state index is 5.55. The Balaban J connectivity index is 1.81. The van der Waals surface area contributed by atoms with Crippen LogP contribution in [0.5, 0.6) is 0 Å². The zero-order chi connectivity index (χ0) is 18.1. The van der Waals surface area contributed by atoms with Crippen LogP contribution in [0.15, 0.2) is 4.99 Å². The van der Waals surface area contributed by atoms with Crippen molar-refractivity contribution < 1.29 is 4.74 Å². The molecule has 2 rings (SSSR count). The van der Waals surface area contributed by atoms with Gasteiger partial charge in [0.2, 0.25) is 0 Å². The average Bonchev–Trinajstić information content (AvgIpc) is 2.62. The SMILES string of the molecule is CCCN1CCC(NC(=NCC(C)N2CCOCC2C)NCC)CC1. The molecule has 6 heteroatoms. The number of ether oxygens (including phenoxy) is 1. The predicted octanol–water partition coefficient (Wildman–Crippen LogP) is 1.53. The van der Waals surface area contributed by atoms with Gasteiger partial charge in [-0.1, -0.05) is 6.92 Å². The summed E-state index contributed by atoms with van der Waals surface area (Å²) in [7, 11) is 0. The molecule has 2 heterocycles. The number of nitrogens with one attached hydrogen (secondary N) is 2. The van der Waals surface area contributed by atoms with Crippen LogP contribution in [0.25, 0.3) is 0 Å². The summed E-state index contributed by atoms with van der Waals surface area (Å²) in [5.74, 6) is 0.976. The largest absolute Gasteiger partial charge is 0.379 e. The Labute approximate surface area is 154 Å². The first-order chi connectivity index (χ1) is 12.1. The number of piperidine rings is 1. The third-order valence-electron chi connectivity index (χ3n) is 5.31. The van der Waals surface area contributed by atoms with Gasteiger partial charge in [0.15, 0.2) is 5.96 Å². The summed E-state index contributed by atoms with van der Waals surface area (Å²) in [5, 5.41) is 7.08. The van der Waals surface area contributed by atoms with Gasteiger partial charge in [0.1, 0.15) is 0 Å². The van der Waals surface area contributed by atoms with E-state index in [1.807, 2.05) is 0 Å². The van der Waals surface area contributed by atoms with Gasteiger partial charge in [-0.15, -0.1) is 0 Å². The van der Waals surface area contributed by atoms with E-state index in [1.165, 1.54) is 38.9 Å². The fraction of sp³-hybridized carbons (Fsp3) is 0.947. The quantitative estimate of drug-likeness (QED) is 0.537. The van der Waals surface area contributed by atoms with Crippen molar-refractivity contribution in [1.29, 1.82) is 0 Å². The molecule has 0 radical (unpaired) electrons. The Morgan fingerprint density at radius 2 is 2.00 bits per heavy atom. The molecule has 0 aromatic heterocycles. The van der Waals surface area contributed by atoms with E-state index >= 15 is 0 Å². The van der Waals surface area contributed by atoms with Crippen LogP contribution in [0.3, 0.4) is 0 Å². The van der Waals surface area contributed by atoms with E-state index in [0.717, 1.165) is 38.8 Å². The molecular weight excluding hydrogens is 314 g/mol. The maximum absolute atomic E-state index is 5.55. The van der Waals surface area contributed by atoms with E-state index in [-0.39, 0.29) is 0 Å². The van der Waals surface area contributed by atoms with Crippen molar-refractivity contribution in [2.75, 3.05) is 52.5 Å². The third-order valence-corrected chi connectivity index (χ3v) is 5.31. The Morgan fingerprint density at radius 1 is 1.24 bits per heavy atom. The Hall–Kier alpha value is -0.850.